The molecule has 1 aromatic carbocycles. The van der Waals surface area contributed by atoms with Crippen molar-refractivity contribution in [1.29, 1.82) is 0 Å². The summed E-state index contributed by atoms with van der Waals surface area (Å²) in [5.74, 6) is -0.229. The lowest BCUT2D eigenvalue weighted by atomic mass is 10.2. The summed E-state index contributed by atoms with van der Waals surface area (Å²) in [4.78, 5) is 27.1. The Bertz CT molecular complexity index is 721. The molecular weight excluding hydrogens is 308 g/mol. The molecule has 0 radical (unpaired) electrons. The fraction of sp³-hybridized carbons (Fsp3) is 0.444. The van der Waals surface area contributed by atoms with Gasteiger partial charge in [0.25, 0.3) is 0 Å². The molecule has 1 aromatic heterocycles. The standard InChI is InChI=1S/C18H22N2O4/c1-12(16-10-13-6-3-4-8-15(13)24-16)19(2)17(21)11-20-9-5-7-14(20)18(22)23/h3-4,6,8,10,12,14H,5,7,9,11H2,1-2H3,(H,22,23)/t12-,14-/m0/s1. The number of carbonyl (C=O) groups excluding carboxylic acids is 1. The van der Waals surface area contributed by atoms with Crippen LogP contribution in [-0.2, 0) is 9.59 Å². The molecule has 1 N–H and O–H groups in total. The maximum Gasteiger partial charge on any atom is 0.320 e. The highest BCUT2D eigenvalue weighted by atomic mass is 16.4. The van der Waals surface area contributed by atoms with E-state index in [0.29, 0.717) is 13.0 Å². The molecule has 0 spiro atoms. The van der Waals surface area contributed by atoms with E-state index in [-0.39, 0.29) is 18.5 Å². The van der Waals surface area contributed by atoms with E-state index in [1.807, 2.05) is 37.3 Å². The molecule has 3 rings (SSSR count). The molecular formula is C18H22N2O4. The van der Waals surface area contributed by atoms with E-state index in [1.165, 1.54) is 0 Å². The van der Waals surface area contributed by atoms with Crippen LogP contribution in [0.2, 0.25) is 0 Å². The van der Waals surface area contributed by atoms with Crippen LogP contribution in [0.3, 0.4) is 0 Å². The van der Waals surface area contributed by atoms with Crippen molar-refractivity contribution < 1.29 is 19.1 Å². The number of furan rings is 1. The minimum atomic E-state index is -0.853. The normalized spacial score (nSPS) is 19.5. The summed E-state index contributed by atoms with van der Waals surface area (Å²) in [6, 6.07) is 8.90. The third-order valence-corrected chi connectivity index (χ3v) is 4.82. The smallest absolute Gasteiger partial charge is 0.320 e. The van der Waals surface area contributed by atoms with E-state index >= 15 is 0 Å². The molecule has 2 atom stereocenters. The van der Waals surface area contributed by atoms with Gasteiger partial charge in [-0.3, -0.25) is 14.5 Å². The second-order valence-electron chi connectivity index (χ2n) is 6.33. The summed E-state index contributed by atoms with van der Waals surface area (Å²) in [7, 11) is 1.73. The van der Waals surface area contributed by atoms with Crippen LogP contribution >= 0.6 is 0 Å². The second kappa shape index (κ2) is 6.65. The number of hydrogen-bond donors (Lipinski definition) is 1. The summed E-state index contributed by atoms with van der Waals surface area (Å²) in [6.07, 6.45) is 1.42. The molecule has 128 valence electrons. The third kappa shape index (κ3) is 3.14. The molecule has 24 heavy (non-hydrogen) atoms. The highest BCUT2D eigenvalue weighted by Gasteiger charge is 2.33. The van der Waals surface area contributed by atoms with Gasteiger partial charge in [-0.2, -0.15) is 0 Å². The van der Waals surface area contributed by atoms with Crippen LogP contribution in [0.4, 0.5) is 0 Å². The first-order valence-corrected chi connectivity index (χ1v) is 8.18. The molecule has 2 heterocycles. The van der Waals surface area contributed by atoms with Gasteiger partial charge in [0.1, 0.15) is 17.4 Å². The van der Waals surface area contributed by atoms with Gasteiger partial charge in [-0.15, -0.1) is 0 Å². The SMILES string of the molecule is C[C@@H](c1cc2ccccc2o1)N(C)C(=O)CN1CCC[C@H]1C(=O)O. The molecule has 0 saturated carbocycles. The van der Waals surface area contributed by atoms with Crippen molar-refractivity contribution in [1.82, 2.24) is 9.80 Å². The van der Waals surface area contributed by atoms with Crippen molar-refractivity contribution in [2.45, 2.75) is 31.8 Å². The number of rotatable bonds is 5. The summed E-state index contributed by atoms with van der Waals surface area (Å²) in [5, 5.41) is 10.2. The van der Waals surface area contributed by atoms with Gasteiger partial charge in [0.05, 0.1) is 12.6 Å². The topological polar surface area (TPSA) is 74.0 Å². The minimum Gasteiger partial charge on any atom is -0.480 e. The first-order chi connectivity index (χ1) is 11.5. The molecule has 0 bridgehead atoms. The van der Waals surface area contributed by atoms with Crippen LogP contribution < -0.4 is 0 Å². The van der Waals surface area contributed by atoms with Crippen LogP contribution in [0.1, 0.15) is 31.6 Å². The Balaban J connectivity index is 1.69. The predicted molar refractivity (Wildman–Crippen MR) is 89.6 cm³/mol. The quantitative estimate of drug-likeness (QED) is 0.912. The number of amides is 1. The van der Waals surface area contributed by atoms with Gasteiger partial charge in [-0.1, -0.05) is 18.2 Å². The number of hydrogen-bond acceptors (Lipinski definition) is 4. The summed E-state index contributed by atoms with van der Waals surface area (Å²) < 4.78 is 5.83. The van der Waals surface area contributed by atoms with Gasteiger partial charge >= 0.3 is 5.97 Å². The predicted octanol–water partition coefficient (Wildman–Crippen LogP) is 2.50. The fourth-order valence-electron chi connectivity index (χ4n) is 3.20. The Morgan fingerprint density at radius 2 is 2.17 bits per heavy atom. The zero-order valence-corrected chi connectivity index (χ0v) is 13.9. The van der Waals surface area contributed by atoms with E-state index in [2.05, 4.69) is 0 Å². The minimum absolute atomic E-state index is 0.101. The summed E-state index contributed by atoms with van der Waals surface area (Å²) >= 11 is 0. The summed E-state index contributed by atoms with van der Waals surface area (Å²) in [6.45, 7) is 2.68. The maximum absolute atomic E-state index is 12.5. The lowest BCUT2D eigenvalue weighted by Gasteiger charge is -2.27. The monoisotopic (exact) mass is 330 g/mol. The van der Waals surface area contributed by atoms with Crippen LogP contribution in [0.25, 0.3) is 11.0 Å². The molecule has 0 unspecified atom stereocenters. The lowest BCUT2D eigenvalue weighted by Crippen LogP contribution is -2.44. The van der Waals surface area contributed by atoms with Gasteiger partial charge in [0.15, 0.2) is 0 Å². The second-order valence-corrected chi connectivity index (χ2v) is 6.33. The number of nitrogens with zero attached hydrogens (tertiary/aromatic N) is 2. The molecule has 6 heteroatoms. The number of para-hydroxylation sites is 1. The van der Waals surface area contributed by atoms with Gasteiger partial charge in [0, 0.05) is 12.4 Å². The van der Waals surface area contributed by atoms with Crippen LogP contribution in [0.5, 0.6) is 0 Å². The largest absolute Gasteiger partial charge is 0.480 e. The average molecular weight is 330 g/mol. The van der Waals surface area contributed by atoms with Crippen molar-refractivity contribution in [3.05, 3.63) is 36.1 Å². The van der Waals surface area contributed by atoms with Crippen molar-refractivity contribution >= 4 is 22.8 Å². The molecule has 1 fully saturated rings. The Labute approximate surface area is 140 Å². The third-order valence-electron chi connectivity index (χ3n) is 4.82. The molecule has 1 saturated heterocycles. The van der Waals surface area contributed by atoms with Gasteiger partial charge in [0.2, 0.25) is 5.91 Å². The molecule has 1 amide bonds. The number of likely N-dealkylation sites (N-methyl/N-ethyl adjacent to an activating group) is 1. The Morgan fingerprint density at radius 3 is 2.88 bits per heavy atom. The van der Waals surface area contributed by atoms with Crippen molar-refractivity contribution in [3.8, 4) is 0 Å². The number of carbonyl (C=O) groups is 2. The molecule has 0 aliphatic carbocycles. The lowest BCUT2D eigenvalue weighted by molar-refractivity contribution is -0.143. The number of carboxylic acid groups (broad SMARTS) is 1. The van der Waals surface area contributed by atoms with Crippen molar-refractivity contribution in [2.75, 3.05) is 20.1 Å². The van der Waals surface area contributed by atoms with Crippen LogP contribution in [-0.4, -0.2) is 53.0 Å². The Hall–Kier alpha value is -2.34. The number of aliphatic carboxylic acids is 1. The Kier molecular flexibility index (Phi) is 4.57. The first kappa shape index (κ1) is 16.5. The van der Waals surface area contributed by atoms with Crippen LogP contribution in [0, 0.1) is 0 Å². The van der Waals surface area contributed by atoms with E-state index in [1.54, 1.807) is 16.8 Å². The molecule has 6 nitrogen and oxygen atoms in total. The summed E-state index contributed by atoms with van der Waals surface area (Å²) in [5.41, 5.74) is 0.797. The highest BCUT2D eigenvalue weighted by Crippen LogP contribution is 2.27. The van der Waals surface area contributed by atoms with E-state index in [9.17, 15) is 14.7 Å². The number of fused-ring (bicyclic) bond motifs is 1. The zero-order chi connectivity index (χ0) is 17.3. The molecule has 1 aliphatic heterocycles. The van der Waals surface area contributed by atoms with E-state index < -0.39 is 12.0 Å². The maximum atomic E-state index is 12.5. The van der Waals surface area contributed by atoms with Crippen molar-refractivity contribution in [2.24, 2.45) is 0 Å². The van der Waals surface area contributed by atoms with Gasteiger partial charge in [-0.25, -0.2) is 0 Å². The molecule has 1 aliphatic rings. The van der Waals surface area contributed by atoms with E-state index in [0.717, 1.165) is 23.2 Å². The number of benzene rings is 1. The first-order valence-electron chi connectivity index (χ1n) is 8.18. The van der Waals surface area contributed by atoms with Crippen LogP contribution in [0.15, 0.2) is 34.7 Å². The average Bonchev–Trinajstić information content (AvgIpc) is 3.19. The van der Waals surface area contributed by atoms with E-state index in [4.69, 9.17) is 4.42 Å². The molecule has 2 aromatic rings. The van der Waals surface area contributed by atoms with Crippen molar-refractivity contribution in [3.63, 3.8) is 0 Å². The Morgan fingerprint density at radius 1 is 1.42 bits per heavy atom. The number of likely N-dealkylation sites (tertiary alicyclic amines) is 1. The number of carboxylic acids is 1. The van der Waals surface area contributed by atoms with Gasteiger partial charge in [-0.05, 0) is 38.4 Å². The fourth-order valence-corrected chi connectivity index (χ4v) is 3.20. The highest BCUT2D eigenvalue weighted by molar-refractivity contribution is 5.81. The van der Waals surface area contributed by atoms with Gasteiger partial charge < -0.3 is 14.4 Å². The zero-order valence-electron chi connectivity index (χ0n) is 13.9.